The summed E-state index contributed by atoms with van der Waals surface area (Å²) in [5, 5.41) is 12.1. The standard InChI is InChI=1S/C22H33NO5/c1-14(2)11-12-28-19-10-9-18(13-20(19)27-4)15(3)23-21(24)16-5-7-17(8-6-16)22(25)26/h9-10,13-17H,5-8,11-12H2,1-4H3,(H,23,24)(H,25,26). The average molecular weight is 392 g/mol. The molecule has 156 valence electrons. The van der Waals surface area contributed by atoms with E-state index in [2.05, 4.69) is 19.2 Å². The highest BCUT2D eigenvalue weighted by Crippen LogP contribution is 2.32. The molecule has 1 aromatic carbocycles. The van der Waals surface area contributed by atoms with Gasteiger partial charge in [-0.1, -0.05) is 19.9 Å². The van der Waals surface area contributed by atoms with Crippen molar-refractivity contribution in [3.05, 3.63) is 23.8 Å². The van der Waals surface area contributed by atoms with E-state index in [-0.39, 0.29) is 23.8 Å². The van der Waals surface area contributed by atoms with Crippen LogP contribution in [0.3, 0.4) is 0 Å². The molecule has 0 heterocycles. The molecule has 0 spiro atoms. The van der Waals surface area contributed by atoms with Crippen molar-refractivity contribution in [2.75, 3.05) is 13.7 Å². The maximum absolute atomic E-state index is 12.6. The molecule has 1 atom stereocenters. The first-order chi connectivity index (χ1) is 13.3. The third-order valence-corrected chi connectivity index (χ3v) is 5.45. The molecule has 1 fully saturated rings. The van der Waals surface area contributed by atoms with E-state index in [1.54, 1.807) is 7.11 Å². The number of amides is 1. The molecular weight excluding hydrogens is 358 g/mol. The Morgan fingerprint density at radius 3 is 2.32 bits per heavy atom. The Balaban J connectivity index is 1.93. The van der Waals surface area contributed by atoms with Crippen molar-refractivity contribution in [1.29, 1.82) is 0 Å². The van der Waals surface area contributed by atoms with Gasteiger partial charge in [-0.25, -0.2) is 0 Å². The lowest BCUT2D eigenvalue weighted by Crippen LogP contribution is -2.35. The van der Waals surface area contributed by atoms with E-state index < -0.39 is 5.97 Å². The fourth-order valence-electron chi connectivity index (χ4n) is 3.49. The first kappa shape index (κ1) is 22.1. The fourth-order valence-corrected chi connectivity index (χ4v) is 3.49. The van der Waals surface area contributed by atoms with Crippen LogP contribution in [0.25, 0.3) is 0 Å². The Labute approximate surface area is 167 Å². The Bertz CT molecular complexity index is 665. The number of rotatable bonds is 9. The van der Waals surface area contributed by atoms with Gasteiger partial charge in [-0.2, -0.15) is 0 Å². The van der Waals surface area contributed by atoms with Gasteiger partial charge in [-0.15, -0.1) is 0 Å². The van der Waals surface area contributed by atoms with E-state index >= 15 is 0 Å². The maximum atomic E-state index is 12.6. The molecule has 6 heteroatoms. The van der Waals surface area contributed by atoms with Gasteiger partial charge in [-0.3, -0.25) is 9.59 Å². The lowest BCUT2D eigenvalue weighted by molar-refractivity contribution is -0.144. The second kappa shape index (κ2) is 10.3. The van der Waals surface area contributed by atoms with Crippen molar-refractivity contribution >= 4 is 11.9 Å². The molecule has 0 bridgehead atoms. The summed E-state index contributed by atoms with van der Waals surface area (Å²) in [7, 11) is 1.61. The van der Waals surface area contributed by atoms with Crippen LogP contribution < -0.4 is 14.8 Å². The number of carbonyl (C=O) groups excluding carboxylic acids is 1. The number of methoxy groups -OCH3 is 1. The van der Waals surface area contributed by atoms with Crippen LogP contribution in [-0.2, 0) is 9.59 Å². The van der Waals surface area contributed by atoms with Gasteiger partial charge < -0.3 is 19.9 Å². The van der Waals surface area contributed by atoms with Crippen LogP contribution in [0.1, 0.15) is 64.5 Å². The third-order valence-electron chi connectivity index (χ3n) is 5.45. The highest BCUT2D eigenvalue weighted by atomic mass is 16.5. The first-order valence-corrected chi connectivity index (χ1v) is 10.2. The molecule has 1 aromatic rings. The SMILES string of the molecule is COc1cc(C(C)NC(=O)C2CCC(C(=O)O)CC2)ccc1OCCC(C)C. The second-order valence-corrected chi connectivity index (χ2v) is 8.06. The summed E-state index contributed by atoms with van der Waals surface area (Å²) in [5.41, 5.74) is 0.945. The van der Waals surface area contributed by atoms with Crippen LogP contribution in [0, 0.1) is 17.8 Å². The van der Waals surface area contributed by atoms with Crippen LogP contribution in [0.5, 0.6) is 11.5 Å². The highest BCUT2D eigenvalue weighted by molar-refractivity contribution is 5.79. The summed E-state index contributed by atoms with van der Waals surface area (Å²) >= 11 is 0. The van der Waals surface area contributed by atoms with Crippen molar-refractivity contribution in [2.45, 2.75) is 58.9 Å². The van der Waals surface area contributed by atoms with Crippen LogP contribution in [0.2, 0.25) is 0 Å². The molecule has 1 amide bonds. The molecule has 1 aliphatic carbocycles. The monoisotopic (exact) mass is 391 g/mol. The zero-order valence-corrected chi connectivity index (χ0v) is 17.4. The second-order valence-electron chi connectivity index (χ2n) is 8.06. The summed E-state index contributed by atoms with van der Waals surface area (Å²) in [6, 6.07) is 5.56. The van der Waals surface area contributed by atoms with Gasteiger partial charge in [0.1, 0.15) is 0 Å². The summed E-state index contributed by atoms with van der Waals surface area (Å²) < 4.78 is 11.3. The molecule has 6 nitrogen and oxygen atoms in total. The highest BCUT2D eigenvalue weighted by Gasteiger charge is 2.30. The molecule has 0 aromatic heterocycles. The number of nitrogens with one attached hydrogen (secondary N) is 1. The number of aliphatic carboxylic acids is 1. The summed E-state index contributed by atoms with van der Waals surface area (Å²) in [6.07, 6.45) is 3.36. The number of ether oxygens (including phenoxy) is 2. The van der Waals surface area contributed by atoms with E-state index in [4.69, 9.17) is 14.6 Å². The van der Waals surface area contributed by atoms with Crippen molar-refractivity contribution in [2.24, 2.45) is 17.8 Å². The number of carboxylic acid groups (broad SMARTS) is 1. The molecule has 28 heavy (non-hydrogen) atoms. The van der Waals surface area contributed by atoms with Crippen LogP contribution >= 0.6 is 0 Å². The smallest absolute Gasteiger partial charge is 0.306 e. The first-order valence-electron chi connectivity index (χ1n) is 10.2. The predicted molar refractivity (Wildman–Crippen MR) is 108 cm³/mol. The molecule has 0 radical (unpaired) electrons. The summed E-state index contributed by atoms with van der Waals surface area (Å²) in [6.45, 7) is 6.89. The van der Waals surface area contributed by atoms with Gasteiger partial charge in [0.2, 0.25) is 5.91 Å². The molecule has 0 aliphatic heterocycles. The van der Waals surface area contributed by atoms with Crippen molar-refractivity contribution < 1.29 is 24.2 Å². The number of carbonyl (C=O) groups is 2. The molecule has 1 saturated carbocycles. The van der Waals surface area contributed by atoms with E-state index in [0.717, 1.165) is 12.0 Å². The van der Waals surface area contributed by atoms with Crippen molar-refractivity contribution in [1.82, 2.24) is 5.32 Å². The van der Waals surface area contributed by atoms with Crippen LogP contribution in [0.15, 0.2) is 18.2 Å². The quantitative estimate of drug-likeness (QED) is 0.659. The molecule has 1 aliphatic rings. The number of benzene rings is 1. The van der Waals surface area contributed by atoms with Gasteiger partial charge in [0, 0.05) is 5.92 Å². The Hall–Kier alpha value is -2.24. The van der Waals surface area contributed by atoms with Crippen molar-refractivity contribution in [3.63, 3.8) is 0 Å². The topological polar surface area (TPSA) is 84.9 Å². The molecule has 0 saturated heterocycles. The molecular formula is C22H33NO5. The summed E-state index contributed by atoms with van der Waals surface area (Å²) in [5.74, 6) is 0.753. The van der Waals surface area contributed by atoms with Crippen molar-refractivity contribution in [3.8, 4) is 11.5 Å². The normalized spacial score (nSPS) is 20.5. The van der Waals surface area contributed by atoms with E-state index in [1.165, 1.54) is 0 Å². The number of hydrogen-bond acceptors (Lipinski definition) is 4. The molecule has 1 unspecified atom stereocenters. The summed E-state index contributed by atoms with van der Waals surface area (Å²) in [4.78, 5) is 23.6. The minimum Gasteiger partial charge on any atom is -0.493 e. The van der Waals surface area contributed by atoms with E-state index in [9.17, 15) is 9.59 Å². The van der Waals surface area contributed by atoms with Crippen LogP contribution in [-0.4, -0.2) is 30.7 Å². The minimum atomic E-state index is -0.755. The lowest BCUT2D eigenvalue weighted by atomic mass is 9.81. The lowest BCUT2D eigenvalue weighted by Gasteiger charge is -2.26. The fraction of sp³-hybridized carbons (Fsp3) is 0.636. The maximum Gasteiger partial charge on any atom is 0.306 e. The van der Waals surface area contributed by atoms with E-state index in [0.29, 0.717) is 49.7 Å². The third kappa shape index (κ3) is 6.14. The predicted octanol–water partition coefficient (Wildman–Crippen LogP) is 4.19. The Morgan fingerprint density at radius 2 is 1.75 bits per heavy atom. The molecule has 2 N–H and O–H groups in total. The van der Waals surface area contributed by atoms with Gasteiger partial charge in [0.05, 0.1) is 25.7 Å². The molecule has 2 rings (SSSR count). The van der Waals surface area contributed by atoms with Gasteiger partial charge in [-0.05, 0) is 62.6 Å². The zero-order chi connectivity index (χ0) is 20.7. The van der Waals surface area contributed by atoms with E-state index in [1.807, 2.05) is 25.1 Å². The van der Waals surface area contributed by atoms with Gasteiger partial charge >= 0.3 is 5.97 Å². The largest absolute Gasteiger partial charge is 0.493 e. The zero-order valence-electron chi connectivity index (χ0n) is 17.4. The Kier molecular flexibility index (Phi) is 8.15. The van der Waals surface area contributed by atoms with Gasteiger partial charge in [0.15, 0.2) is 11.5 Å². The number of carboxylic acids is 1. The van der Waals surface area contributed by atoms with Gasteiger partial charge in [0.25, 0.3) is 0 Å². The minimum absolute atomic E-state index is 0.00688. The number of hydrogen-bond donors (Lipinski definition) is 2. The Morgan fingerprint density at radius 1 is 1.11 bits per heavy atom. The average Bonchev–Trinajstić information content (AvgIpc) is 2.67. The van der Waals surface area contributed by atoms with Crippen LogP contribution in [0.4, 0.5) is 0 Å².